The molecule has 15 heavy (non-hydrogen) atoms. The van der Waals surface area contributed by atoms with Gasteiger partial charge in [-0.05, 0) is 47.2 Å². The number of hydrogen-bond donors (Lipinski definition) is 0. The van der Waals surface area contributed by atoms with E-state index in [1.165, 1.54) is 27.5 Å². The normalized spacial score (nSPS) is 10.9. The third kappa shape index (κ3) is 1.65. The van der Waals surface area contributed by atoms with E-state index >= 15 is 0 Å². The molecule has 0 nitrogen and oxygen atoms in total. The molecule has 2 aromatic carbocycles. The lowest BCUT2D eigenvalue weighted by molar-refractivity contribution is 1.12. The Morgan fingerprint density at radius 1 is 0.867 bits per heavy atom. The van der Waals surface area contributed by atoms with Gasteiger partial charge in [-0.1, -0.05) is 44.2 Å². The van der Waals surface area contributed by atoms with Gasteiger partial charge in [0, 0.05) is 0 Å². The molecule has 0 heterocycles. The van der Waals surface area contributed by atoms with Crippen molar-refractivity contribution in [3.8, 4) is 0 Å². The number of rotatable bonds is 2. The summed E-state index contributed by atoms with van der Waals surface area (Å²) in [6.45, 7) is 6.66. The lowest BCUT2D eigenvalue weighted by Gasteiger charge is -2.10. The zero-order valence-electron chi connectivity index (χ0n) is 9.80. The molecule has 0 spiro atoms. The highest BCUT2D eigenvalue weighted by Gasteiger charge is 2.04. The van der Waals surface area contributed by atoms with Crippen LogP contribution in [0.2, 0.25) is 0 Å². The topological polar surface area (TPSA) is 0 Å². The van der Waals surface area contributed by atoms with Crippen LogP contribution in [-0.2, 0) is 12.8 Å². The molecule has 0 heteroatoms. The van der Waals surface area contributed by atoms with Gasteiger partial charge in [0.1, 0.15) is 0 Å². The Labute approximate surface area is 91.9 Å². The van der Waals surface area contributed by atoms with E-state index in [1.54, 1.807) is 0 Å². The van der Waals surface area contributed by atoms with E-state index in [1.807, 2.05) is 0 Å². The lowest BCUT2D eigenvalue weighted by Crippen LogP contribution is -1.91. The lowest BCUT2D eigenvalue weighted by atomic mass is 9.94. The number of benzene rings is 2. The molecule has 0 atom stereocenters. The minimum Gasteiger partial charge on any atom is -0.0613 e. The van der Waals surface area contributed by atoms with Crippen LogP contribution in [0.15, 0.2) is 30.3 Å². The number of aryl methyl sites for hydroxylation is 3. The first kappa shape index (κ1) is 10.2. The molecule has 0 amide bonds. The molecular formula is C15H18. The van der Waals surface area contributed by atoms with E-state index in [2.05, 4.69) is 51.1 Å². The average Bonchev–Trinajstić information content (AvgIpc) is 2.28. The van der Waals surface area contributed by atoms with E-state index in [0.717, 1.165) is 12.8 Å². The van der Waals surface area contributed by atoms with Crippen molar-refractivity contribution < 1.29 is 0 Å². The van der Waals surface area contributed by atoms with Gasteiger partial charge in [-0.3, -0.25) is 0 Å². The van der Waals surface area contributed by atoms with Crippen molar-refractivity contribution in [1.29, 1.82) is 0 Å². The van der Waals surface area contributed by atoms with Gasteiger partial charge >= 0.3 is 0 Å². The van der Waals surface area contributed by atoms with Crippen LogP contribution in [0.5, 0.6) is 0 Å². The van der Waals surface area contributed by atoms with Crippen molar-refractivity contribution in [2.75, 3.05) is 0 Å². The summed E-state index contributed by atoms with van der Waals surface area (Å²) in [7, 11) is 0. The third-order valence-corrected chi connectivity index (χ3v) is 3.23. The van der Waals surface area contributed by atoms with Crippen LogP contribution in [0.1, 0.15) is 30.5 Å². The first-order valence-electron chi connectivity index (χ1n) is 5.78. The monoisotopic (exact) mass is 198 g/mol. The fraction of sp³-hybridized carbons (Fsp3) is 0.333. The van der Waals surface area contributed by atoms with Gasteiger partial charge in [0.2, 0.25) is 0 Å². The summed E-state index contributed by atoms with van der Waals surface area (Å²) in [5.74, 6) is 0. The van der Waals surface area contributed by atoms with E-state index in [-0.39, 0.29) is 0 Å². The van der Waals surface area contributed by atoms with Gasteiger partial charge in [-0.15, -0.1) is 0 Å². The highest BCUT2D eigenvalue weighted by atomic mass is 14.1. The molecule has 0 radical (unpaired) electrons. The molecule has 0 aliphatic rings. The molecule has 0 aliphatic heterocycles. The molecule has 0 N–H and O–H groups in total. The van der Waals surface area contributed by atoms with E-state index in [0.29, 0.717) is 0 Å². The molecule has 2 aromatic rings. The average molecular weight is 198 g/mol. The minimum absolute atomic E-state index is 1.11. The zero-order chi connectivity index (χ0) is 10.8. The molecule has 78 valence electrons. The Morgan fingerprint density at radius 3 is 2.33 bits per heavy atom. The van der Waals surface area contributed by atoms with E-state index in [4.69, 9.17) is 0 Å². The number of fused-ring (bicyclic) bond motifs is 1. The van der Waals surface area contributed by atoms with Crippen molar-refractivity contribution in [3.63, 3.8) is 0 Å². The number of hydrogen-bond acceptors (Lipinski definition) is 0. The Bertz CT molecular complexity index is 481. The molecule has 0 aromatic heterocycles. The molecule has 0 fully saturated rings. The smallest absolute Gasteiger partial charge is 0.0147 e. The first-order valence-corrected chi connectivity index (χ1v) is 5.78. The summed E-state index contributed by atoms with van der Waals surface area (Å²) in [5, 5.41) is 2.87. The highest BCUT2D eigenvalue weighted by molar-refractivity contribution is 5.89. The highest BCUT2D eigenvalue weighted by Crippen LogP contribution is 2.25. The predicted molar refractivity (Wildman–Crippen MR) is 67.4 cm³/mol. The van der Waals surface area contributed by atoms with Crippen LogP contribution in [0.25, 0.3) is 10.8 Å². The van der Waals surface area contributed by atoms with Gasteiger partial charge in [-0.25, -0.2) is 0 Å². The Balaban J connectivity index is 2.82. The Kier molecular flexibility index (Phi) is 2.77. The van der Waals surface area contributed by atoms with E-state index in [9.17, 15) is 0 Å². The van der Waals surface area contributed by atoms with Crippen LogP contribution in [0.3, 0.4) is 0 Å². The van der Waals surface area contributed by atoms with Crippen LogP contribution in [0.4, 0.5) is 0 Å². The SMILES string of the molecule is CCc1cccc2c(CC)c(C)ccc12. The summed E-state index contributed by atoms with van der Waals surface area (Å²) in [5.41, 5.74) is 4.38. The zero-order valence-corrected chi connectivity index (χ0v) is 9.80. The molecule has 0 unspecified atom stereocenters. The van der Waals surface area contributed by atoms with Crippen LogP contribution in [0, 0.1) is 6.92 Å². The van der Waals surface area contributed by atoms with E-state index < -0.39 is 0 Å². The standard InChI is InChI=1S/C15H18/c1-4-12-7-6-8-15-13(5-2)11(3)9-10-14(12)15/h6-10H,4-5H2,1-3H3. The molecule has 0 saturated carbocycles. The minimum atomic E-state index is 1.11. The van der Waals surface area contributed by atoms with Crippen molar-refractivity contribution in [1.82, 2.24) is 0 Å². The third-order valence-electron chi connectivity index (χ3n) is 3.23. The van der Waals surface area contributed by atoms with Gasteiger partial charge in [-0.2, -0.15) is 0 Å². The van der Waals surface area contributed by atoms with Crippen molar-refractivity contribution in [2.45, 2.75) is 33.6 Å². The summed E-state index contributed by atoms with van der Waals surface area (Å²) in [6.07, 6.45) is 2.24. The van der Waals surface area contributed by atoms with Gasteiger partial charge < -0.3 is 0 Å². The molecule has 0 aliphatic carbocycles. The largest absolute Gasteiger partial charge is 0.0613 e. The van der Waals surface area contributed by atoms with Gasteiger partial charge in [0.15, 0.2) is 0 Å². The van der Waals surface area contributed by atoms with Crippen molar-refractivity contribution in [3.05, 3.63) is 47.0 Å². The van der Waals surface area contributed by atoms with Crippen LogP contribution in [-0.4, -0.2) is 0 Å². The van der Waals surface area contributed by atoms with Gasteiger partial charge in [0.05, 0.1) is 0 Å². The summed E-state index contributed by atoms with van der Waals surface area (Å²) in [6, 6.07) is 11.2. The first-order chi connectivity index (χ1) is 7.27. The fourth-order valence-corrected chi connectivity index (χ4v) is 2.37. The Morgan fingerprint density at radius 2 is 1.67 bits per heavy atom. The summed E-state index contributed by atoms with van der Waals surface area (Å²) >= 11 is 0. The maximum atomic E-state index is 2.27. The second kappa shape index (κ2) is 4.06. The molecule has 2 rings (SSSR count). The predicted octanol–water partition coefficient (Wildman–Crippen LogP) is 4.27. The van der Waals surface area contributed by atoms with Gasteiger partial charge in [0.25, 0.3) is 0 Å². The molecule has 0 saturated heterocycles. The second-order valence-corrected chi connectivity index (χ2v) is 4.08. The Hall–Kier alpha value is -1.30. The molecule has 0 bridgehead atoms. The summed E-state index contributed by atoms with van der Waals surface area (Å²) < 4.78 is 0. The maximum absolute atomic E-state index is 2.27. The van der Waals surface area contributed by atoms with Crippen molar-refractivity contribution >= 4 is 10.8 Å². The summed E-state index contributed by atoms with van der Waals surface area (Å²) in [4.78, 5) is 0. The maximum Gasteiger partial charge on any atom is -0.0147 e. The van der Waals surface area contributed by atoms with Crippen molar-refractivity contribution in [2.24, 2.45) is 0 Å². The molecular weight excluding hydrogens is 180 g/mol. The fourth-order valence-electron chi connectivity index (χ4n) is 2.37. The van der Waals surface area contributed by atoms with Crippen LogP contribution < -0.4 is 0 Å². The second-order valence-electron chi connectivity index (χ2n) is 4.08. The van der Waals surface area contributed by atoms with Crippen LogP contribution >= 0.6 is 0 Å². The quantitative estimate of drug-likeness (QED) is 0.676.